The fourth-order valence-corrected chi connectivity index (χ4v) is 4.55. The topological polar surface area (TPSA) is 112 Å². The van der Waals surface area contributed by atoms with Gasteiger partial charge in [-0.2, -0.15) is 0 Å². The standard InChI is InChI=1S/C27H39N3O5S/c1-6-33-25(31)22-18(4)30-19(5)23(26(32)34-7-2)24(22)20-14-10-11-15-21(20)35-17-13-9-12-16-29-27(28)36-8-3/h10-11,14-15,24,30H,6-9,12-13,16-17H2,1-5H3,(H2,28,29). The van der Waals surface area contributed by atoms with Crippen molar-refractivity contribution >= 4 is 28.9 Å². The van der Waals surface area contributed by atoms with Crippen molar-refractivity contribution in [1.29, 1.82) is 0 Å². The molecule has 0 spiro atoms. The third-order valence-electron chi connectivity index (χ3n) is 5.60. The van der Waals surface area contributed by atoms with Gasteiger partial charge in [-0.25, -0.2) is 9.59 Å². The average molecular weight is 518 g/mol. The molecule has 0 unspecified atom stereocenters. The lowest BCUT2D eigenvalue weighted by molar-refractivity contribution is -0.139. The predicted octanol–water partition coefficient (Wildman–Crippen LogP) is 4.66. The molecule has 1 heterocycles. The maximum atomic E-state index is 13.0. The second kappa shape index (κ2) is 15.2. The second-order valence-electron chi connectivity index (χ2n) is 8.18. The van der Waals surface area contributed by atoms with E-state index in [0.717, 1.165) is 30.6 Å². The van der Waals surface area contributed by atoms with E-state index in [-0.39, 0.29) is 13.2 Å². The molecule has 9 heteroatoms. The number of esters is 2. The first-order valence-electron chi connectivity index (χ1n) is 12.5. The third kappa shape index (κ3) is 8.05. The molecular formula is C27H39N3O5S. The number of nitrogens with two attached hydrogens (primary N) is 1. The summed E-state index contributed by atoms with van der Waals surface area (Å²) >= 11 is 1.55. The number of carbonyl (C=O) groups is 2. The maximum absolute atomic E-state index is 13.0. The number of dihydropyridines is 1. The van der Waals surface area contributed by atoms with Gasteiger partial charge >= 0.3 is 11.9 Å². The number of hydrogen-bond acceptors (Lipinski definition) is 8. The highest BCUT2D eigenvalue weighted by atomic mass is 32.2. The lowest BCUT2D eigenvalue weighted by atomic mass is 9.80. The molecule has 0 fully saturated rings. The summed E-state index contributed by atoms with van der Waals surface area (Å²) in [5.41, 5.74) is 8.57. The highest BCUT2D eigenvalue weighted by Gasteiger charge is 2.39. The molecule has 1 aromatic rings. The van der Waals surface area contributed by atoms with Crippen LogP contribution in [0.4, 0.5) is 0 Å². The monoisotopic (exact) mass is 517 g/mol. The number of ether oxygens (including phenoxy) is 3. The number of benzene rings is 1. The Morgan fingerprint density at radius 1 is 0.972 bits per heavy atom. The number of aliphatic imine (C=N–C) groups is 1. The van der Waals surface area contributed by atoms with Crippen LogP contribution in [0.25, 0.3) is 0 Å². The summed E-state index contributed by atoms with van der Waals surface area (Å²) in [5, 5.41) is 3.79. The smallest absolute Gasteiger partial charge is 0.336 e. The molecule has 0 aromatic heterocycles. The second-order valence-corrected chi connectivity index (χ2v) is 9.46. The summed E-state index contributed by atoms with van der Waals surface area (Å²) < 4.78 is 16.9. The molecule has 3 N–H and O–H groups in total. The minimum absolute atomic E-state index is 0.227. The van der Waals surface area contributed by atoms with E-state index in [2.05, 4.69) is 10.3 Å². The minimum Gasteiger partial charge on any atom is -0.493 e. The van der Waals surface area contributed by atoms with Crippen molar-refractivity contribution in [1.82, 2.24) is 5.32 Å². The molecule has 0 amide bonds. The molecule has 198 valence electrons. The Bertz CT molecular complexity index is 963. The summed E-state index contributed by atoms with van der Waals surface area (Å²) in [7, 11) is 0. The van der Waals surface area contributed by atoms with E-state index in [1.54, 1.807) is 25.6 Å². The molecule has 1 aliphatic heterocycles. The summed E-state index contributed by atoms with van der Waals surface area (Å²) in [6.45, 7) is 10.8. The van der Waals surface area contributed by atoms with Gasteiger partial charge in [0.05, 0.1) is 36.9 Å². The maximum Gasteiger partial charge on any atom is 0.336 e. The van der Waals surface area contributed by atoms with E-state index >= 15 is 0 Å². The summed E-state index contributed by atoms with van der Waals surface area (Å²) in [6.07, 6.45) is 2.72. The lowest BCUT2D eigenvalue weighted by Crippen LogP contribution is -2.32. The van der Waals surface area contributed by atoms with Gasteiger partial charge in [-0.1, -0.05) is 36.9 Å². The first-order chi connectivity index (χ1) is 17.3. The number of carbonyl (C=O) groups excluding carboxylic acids is 2. The zero-order valence-electron chi connectivity index (χ0n) is 22.0. The van der Waals surface area contributed by atoms with Crippen LogP contribution >= 0.6 is 11.8 Å². The molecule has 0 atom stereocenters. The quantitative estimate of drug-likeness (QED) is 0.168. The molecule has 0 bridgehead atoms. The normalized spacial score (nSPS) is 14.5. The van der Waals surface area contributed by atoms with Gasteiger partial charge in [0.1, 0.15) is 5.75 Å². The largest absolute Gasteiger partial charge is 0.493 e. The number of nitrogens with one attached hydrogen (secondary N) is 1. The number of thioether (sulfide) groups is 1. The van der Waals surface area contributed by atoms with Crippen molar-refractivity contribution in [2.75, 3.05) is 32.1 Å². The number of rotatable bonds is 13. The lowest BCUT2D eigenvalue weighted by Gasteiger charge is -2.31. The van der Waals surface area contributed by atoms with Gasteiger partial charge in [0.2, 0.25) is 0 Å². The highest BCUT2D eigenvalue weighted by Crippen LogP contribution is 2.42. The SMILES string of the molecule is CCOC(=O)C1=C(C)NC(C)=C(C(=O)OCC)C1c1ccccc1OCCCCCN=C(N)SCC. The summed E-state index contributed by atoms with van der Waals surface area (Å²) in [6, 6.07) is 7.49. The van der Waals surface area contributed by atoms with Gasteiger partial charge in [0.25, 0.3) is 0 Å². The molecule has 1 aromatic carbocycles. The Morgan fingerprint density at radius 2 is 1.58 bits per heavy atom. The van der Waals surface area contributed by atoms with Crippen molar-refractivity contribution in [3.8, 4) is 5.75 Å². The van der Waals surface area contributed by atoms with Gasteiger partial charge in [0, 0.05) is 23.5 Å². The predicted molar refractivity (Wildman–Crippen MR) is 145 cm³/mol. The molecule has 0 aliphatic carbocycles. The first kappa shape index (κ1) is 29.3. The average Bonchev–Trinajstić information content (AvgIpc) is 2.83. The molecule has 0 saturated heterocycles. The zero-order chi connectivity index (χ0) is 26.5. The van der Waals surface area contributed by atoms with E-state index in [0.29, 0.717) is 46.6 Å². The Kier molecular flexibility index (Phi) is 12.4. The summed E-state index contributed by atoms with van der Waals surface area (Å²) in [4.78, 5) is 30.4. The number of hydrogen-bond donors (Lipinski definition) is 2. The third-order valence-corrected chi connectivity index (χ3v) is 6.31. The molecular weight excluding hydrogens is 478 g/mol. The van der Waals surface area contributed by atoms with Crippen LogP contribution in [0.1, 0.15) is 65.4 Å². The number of unbranched alkanes of at least 4 members (excludes halogenated alkanes) is 2. The van der Waals surface area contributed by atoms with Gasteiger partial charge in [0.15, 0.2) is 5.17 Å². The molecule has 1 aliphatic rings. The van der Waals surface area contributed by atoms with Gasteiger partial charge in [-0.15, -0.1) is 0 Å². The van der Waals surface area contributed by atoms with Crippen LogP contribution in [0.3, 0.4) is 0 Å². The van der Waals surface area contributed by atoms with E-state index in [1.165, 1.54) is 0 Å². The number of amidine groups is 1. The molecule has 36 heavy (non-hydrogen) atoms. The van der Waals surface area contributed by atoms with Crippen LogP contribution in [0.5, 0.6) is 5.75 Å². The molecule has 0 radical (unpaired) electrons. The molecule has 8 nitrogen and oxygen atoms in total. The first-order valence-corrected chi connectivity index (χ1v) is 13.5. The fraction of sp³-hybridized carbons (Fsp3) is 0.519. The Hall–Kier alpha value is -2.94. The fourth-order valence-electron chi connectivity index (χ4n) is 4.07. The van der Waals surface area contributed by atoms with Crippen LogP contribution in [-0.2, 0) is 19.1 Å². The van der Waals surface area contributed by atoms with E-state index in [9.17, 15) is 9.59 Å². The Morgan fingerprint density at radius 3 is 2.17 bits per heavy atom. The minimum atomic E-state index is -0.672. The van der Waals surface area contributed by atoms with Crippen LogP contribution < -0.4 is 15.8 Å². The van der Waals surface area contributed by atoms with E-state index < -0.39 is 17.9 Å². The van der Waals surface area contributed by atoms with Crippen LogP contribution in [0.2, 0.25) is 0 Å². The Balaban J connectivity index is 2.26. The number of allylic oxidation sites excluding steroid dienone is 2. The van der Waals surface area contributed by atoms with Crippen LogP contribution in [0.15, 0.2) is 51.8 Å². The van der Waals surface area contributed by atoms with Crippen LogP contribution in [0, 0.1) is 0 Å². The van der Waals surface area contributed by atoms with Crippen molar-refractivity contribution < 1.29 is 23.8 Å². The van der Waals surface area contributed by atoms with Gasteiger partial charge in [-0.05, 0) is 58.8 Å². The molecule has 0 saturated carbocycles. The Labute approximate surface area is 218 Å². The van der Waals surface area contributed by atoms with E-state index in [1.807, 2.05) is 45.0 Å². The van der Waals surface area contributed by atoms with E-state index in [4.69, 9.17) is 19.9 Å². The van der Waals surface area contributed by atoms with Crippen molar-refractivity contribution in [2.45, 2.75) is 59.8 Å². The van der Waals surface area contributed by atoms with Gasteiger partial charge < -0.3 is 25.3 Å². The highest BCUT2D eigenvalue weighted by molar-refractivity contribution is 8.13. The van der Waals surface area contributed by atoms with Crippen molar-refractivity contribution in [3.05, 3.63) is 52.4 Å². The van der Waals surface area contributed by atoms with Crippen LogP contribution in [-0.4, -0.2) is 49.2 Å². The number of nitrogens with zero attached hydrogens (tertiary/aromatic N) is 1. The zero-order valence-corrected chi connectivity index (χ0v) is 22.8. The number of para-hydroxylation sites is 1. The van der Waals surface area contributed by atoms with Crippen molar-refractivity contribution in [2.24, 2.45) is 10.7 Å². The van der Waals surface area contributed by atoms with Gasteiger partial charge in [-0.3, -0.25) is 4.99 Å². The van der Waals surface area contributed by atoms with Crippen molar-refractivity contribution in [3.63, 3.8) is 0 Å². The molecule has 2 rings (SSSR count). The summed E-state index contributed by atoms with van der Waals surface area (Å²) in [5.74, 6) is -0.0850.